The summed E-state index contributed by atoms with van der Waals surface area (Å²) in [5, 5.41) is 0.813. The van der Waals surface area contributed by atoms with Gasteiger partial charge in [-0.1, -0.05) is 11.8 Å². The highest BCUT2D eigenvalue weighted by Gasteiger charge is 2.00. The van der Waals surface area contributed by atoms with E-state index in [1.54, 1.807) is 18.0 Å². The minimum atomic E-state index is 0.162. The van der Waals surface area contributed by atoms with Crippen LogP contribution in [0.25, 0.3) is 0 Å². The topological polar surface area (TPSA) is 51.8 Å². The monoisotopic (exact) mass is 183 g/mol. The number of hydrogen-bond acceptors (Lipinski definition) is 4. The summed E-state index contributed by atoms with van der Waals surface area (Å²) in [4.78, 5) is 8.38. The van der Waals surface area contributed by atoms with E-state index in [0.29, 0.717) is 0 Å². The molecule has 2 N–H and O–H groups in total. The second-order valence-corrected chi connectivity index (χ2v) is 3.49. The van der Waals surface area contributed by atoms with Gasteiger partial charge in [-0.15, -0.1) is 0 Å². The van der Waals surface area contributed by atoms with Crippen LogP contribution in [0.1, 0.15) is 12.6 Å². The molecular formula is C8H13N3S. The van der Waals surface area contributed by atoms with E-state index in [0.717, 1.165) is 17.3 Å². The highest BCUT2D eigenvalue weighted by atomic mass is 32.2. The van der Waals surface area contributed by atoms with Crippen LogP contribution in [0, 0.1) is 0 Å². The molecule has 1 rings (SSSR count). The molecule has 0 fully saturated rings. The minimum absolute atomic E-state index is 0.162. The Balaban J connectivity index is 2.72. The van der Waals surface area contributed by atoms with Crippen molar-refractivity contribution in [1.82, 2.24) is 9.97 Å². The average Bonchev–Trinajstić information content (AvgIpc) is 2.03. The molecular weight excluding hydrogens is 170 g/mol. The molecule has 66 valence electrons. The first-order valence-electron chi connectivity index (χ1n) is 3.84. The lowest BCUT2D eigenvalue weighted by atomic mass is 10.2. The smallest absolute Gasteiger partial charge is 0.187 e. The van der Waals surface area contributed by atoms with Gasteiger partial charge in [0.15, 0.2) is 5.16 Å². The SMILES string of the molecule is CSc1nccc(CC(C)N)n1. The van der Waals surface area contributed by atoms with Gasteiger partial charge in [0.25, 0.3) is 0 Å². The molecule has 1 heterocycles. The Morgan fingerprint density at radius 1 is 1.67 bits per heavy atom. The predicted molar refractivity (Wildman–Crippen MR) is 51.2 cm³/mol. The van der Waals surface area contributed by atoms with Crippen LogP contribution >= 0.6 is 11.8 Å². The van der Waals surface area contributed by atoms with Gasteiger partial charge >= 0.3 is 0 Å². The standard InChI is InChI=1S/C8H13N3S/c1-6(9)5-7-3-4-10-8(11-7)12-2/h3-4,6H,5,9H2,1-2H3. The summed E-state index contributed by atoms with van der Waals surface area (Å²) in [7, 11) is 0. The molecule has 0 aliphatic rings. The van der Waals surface area contributed by atoms with Gasteiger partial charge in [0.2, 0.25) is 0 Å². The Bertz CT molecular complexity index is 250. The van der Waals surface area contributed by atoms with Crippen molar-refractivity contribution in [3.05, 3.63) is 18.0 Å². The molecule has 0 aromatic carbocycles. The van der Waals surface area contributed by atoms with E-state index in [9.17, 15) is 0 Å². The van der Waals surface area contributed by atoms with E-state index < -0.39 is 0 Å². The summed E-state index contributed by atoms with van der Waals surface area (Å²) in [5.41, 5.74) is 6.67. The van der Waals surface area contributed by atoms with Crippen LogP contribution in [0.5, 0.6) is 0 Å². The Labute approximate surface area is 76.8 Å². The lowest BCUT2D eigenvalue weighted by molar-refractivity contribution is 0.708. The number of rotatable bonds is 3. The molecule has 0 aliphatic carbocycles. The van der Waals surface area contributed by atoms with Crippen LogP contribution in [0.15, 0.2) is 17.4 Å². The second-order valence-electron chi connectivity index (χ2n) is 2.72. The predicted octanol–water partition coefficient (Wildman–Crippen LogP) is 1.09. The highest BCUT2D eigenvalue weighted by molar-refractivity contribution is 7.98. The van der Waals surface area contributed by atoms with E-state index in [1.165, 1.54) is 0 Å². The maximum atomic E-state index is 5.65. The Hall–Kier alpha value is -0.610. The van der Waals surface area contributed by atoms with Crippen molar-refractivity contribution in [2.75, 3.05) is 6.26 Å². The third kappa shape index (κ3) is 2.79. The molecule has 12 heavy (non-hydrogen) atoms. The average molecular weight is 183 g/mol. The van der Waals surface area contributed by atoms with Crippen molar-refractivity contribution >= 4 is 11.8 Å². The van der Waals surface area contributed by atoms with E-state index in [-0.39, 0.29) is 6.04 Å². The molecule has 3 nitrogen and oxygen atoms in total. The van der Waals surface area contributed by atoms with Gasteiger partial charge in [0.1, 0.15) is 0 Å². The maximum absolute atomic E-state index is 5.65. The number of aromatic nitrogens is 2. The molecule has 0 amide bonds. The fourth-order valence-electron chi connectivity index (χ4n) is 0.918. The van der Waals surface area contributed by atoms with Gasteiger partial charge in [-0.25, -0.2) is 9.97 Å². The number of nitrogens with two attached hydrogens (primary N) is 1. The first-order chi connectivity index (χ1) is 5.72. The van der Waals surface area contributed by atoms with Crippen LogP contribution in [-0.4, -0.2) is 22.3 Å². The summed E-state index contributed by atoms with van der Waals surface area (Å²) >= 11 is 1.55. The lowest BCUT2D eigenvalue weighted by Gasteiger charge is -2.04. The van der Waals surface area contributed by atoms with Gasteiger partial charge in [0.05, 0.1) is 0 Å². The molecule has 0 spiro atoms. The summed E-state index contributed by atoms with van der Waals surface area (Å²) in [5.74, 6) is 0. The third-order valence-electron chi connectivity index (χ3n) is 1.40. The highest BCUT2D eigenvalue weighted by Crippen LogP contribution is 2.08. The summed E-state index contributed by atoms with van der Waals surface area (Å²) in [6, 6.07) is 2.07. The maximum Gasteiger partial charge on any atom is 0.187 e. The van der Waals surface area contributed by atoms with Crippen LogP contribution in [-0.2, 0) is 6.42 Å². The molecule has 0 bridgehead atoms. The molecule has 1 atom stereocenters. The van der Waals surface area contributed by atoms with Crippen molar-refractivity contribution in [2.45, 2.75) is 24.5 Å². The normalized spacial score (nSPS) is 12.9. The second kappa shape index (κ2) is 4.42. The molecule has 0 aliphatic heterocycles. The number of hydrogen-bond donors (Lipinski definition) is 1. The van der Waals surface area contributed by atoms with Gasteiger partial charge in [-0.05, 0) is 19.2 Å². The third-order valence-corrected chi connectivity index (χ3v) is 1.97. The first-order valence-corrected chi connectivity index (χ1v) is 5.06. The van der Waals surface area contributed by atoms with E-state index >= 15 is 0 Å². The van der Waals surface area contributed by atoms with E-state index in [2.05, 4.69) is 9.97 Å². The Morgan fingerprint density at radius 3 is 3.00 bits per heavy atom. The van der Waals surface area contributed by atoms with Crippen LogP contribution in [0.3, 0.4) is 0 Å². The molecule has 1 aromatic rings. The zero-order valence-electron chi connectivity index (χ0n) is 7.32. The van der Waals surface area contributed by atoms with E-state index in [4.69, 9.17) is 5.73 Å². The van der Waals surface area contributed by atoms with Crippen LogP contribution in [0.4, 0.5) is 0 Å². The van der Waals surface area contributed by atoms with Crippen LogP contribution < -0.4 is 5.73 Å². The van der Waals surface area contributed by atoms with E-state index in [1.807, 2.05) is 19.2 Å². The zero-order valence-corrected chi connectivity index (χ0v) is 8.14. The largest absolute Gasteiger partial charge is 0.328 e. The summed E-state index contributed by atoms with van der Waals surface area (Å²) < 4.78 is 0. The van der Waals surface area contributed by atoms with Gasteiger partial charge in [0, 0.05) is 24.4 Å². The fraction of sp³-hybridized carbons (Fsp3) is 0.500. The van der Waals surface area contributed by atoms with Gasteiger partial charge < -0.3 is 5.73 Å². The molecule has 0 saturated heterocycles. The fourth-order valence-corrected chi connectivity index (χ4v) is 1.29. The number of nitrogens with zero attached hydrogens (tertiary/aromatic N) is 2. The van der Waals surface area contributed by atoms with Crippen molar-refractivity contribution in [3.63, 3.8) is 0 Å². The molecule has 1 aromatic heterocycles. The van der Waals surface area contributed by atoms with Crippen LogP contribution in [0.2, 0.25) is 0 Å². The van der Waals surface area contributed by atoms with Crippen molar-refractivity contribution in [2.24, 2.45) is 5.73 Å². The van der Waals surface area contributed by atoms with Crippen molar-refractivity contribution < 1.29 is 0 Å². The first kappa shape index (κ1) is 9.48. The molecule has 0 radical (unpaired) electrons. The summed E-state index contributed by atoms with van der Waals surface area (Å²) in [6.45, 7) is 1.97. The molecule has 1 unspecified atom stereocenters. The minimum Gasteiger partial charge on any atom is -0.328 e. The molecule has 0 saturated carbocycles. The van der Waals surface area contributed by atoms with Crippen molar-refractivity contribution in [3.8, 4) is 0 Å². The Morgan fingerprint density at radius 2 is 2.42 bits per heavy atom. The lowest BCUT2D eigenvalue weighted by Crippen LogP contribution is -2.18. The van der Waals surface area contributed by atoms with Gasteiger partial charge in [-0.2, -0.15) is 0 Å². The summed E-state index contributed by atoms with van der Waals surface area (Å²) in [6.07, 6.45) is 4.55. The Kier molecular flexibility index (Phi) is 3.49. The molecule has 4 heteroatoms. The number of thioether (sulfide) groups is 1. The van der Waals surface area contributed by atoms with Crippen molar-refractivity contribution in [1.29, 1.82) is 0 Å². The van der Waals surface area contributed by atoms with Gasteiger partial charge in [-0.3, -0.25) is 0 Å². The zero-order chi connectivity index (χ0) is 8.97. The quantitative estimate of drug-likeness (QED) is 0.563.